The first-order valence-electron chi connectivity index (χ1n) is 10.2. The van der Waals surface area contributed by atoms with Gasteiger partial charge >= 0.3 is 5.97 Å². The SMILES string of the molecule is COc1cccc(C)c1.COc1cccc(C[C@H]2COC[C@H](N)C(=O)OC(C)C2)c1. The van der Waals surface area contributed by atoms with Gasteiger partial charge in [-0.1, -0.05) is 24.3 Å². The maximum atomic E-state index is 11.6. The average molecular weight is 416 g/mol. The summed E-state index contributed by atoms with van der Waals surface area (Å²) in [6.45, 7) is 4.73. The van der Waals surface area contributed by atoms with Crippen molar-refractivity contribution < 1.29 is 23.7 Å². The van der Waals surface area contributed by atoms with Crippen molar-refractivity contribution in [3.63, 3.8) is 0 Å². The number of rotatable bonds is 4. The summed E-state index contributed by atoms with van der Waals surface area (Å²) in [5, 5.41) is 0. The van der Waals surface area contributed by atoms with Gasteiger partial charge in [-0.3, -0.25) is 4.79 Å². The molecule has 0 aromatic heterocycles. The van der Waals surface area contributed by atoms with E-state index in [0.29, 0.717) is 6.61 Å². The zero-order valence-electron chi connectivity index (χ0n) is 18.3. The summed E-state index contributed by atoms with van der Waals surface area (Å²) in [6, 6.07) is 15.3. The summed E-state index contributed by atoms with van der Waals surface area (Å²) < 4.78 is 21.1. The molecule has 0 aliphatic carbocycles. The van der Waals surface area contributed by atoms with E-state index in [1.807, 2.05) is 56.3 Å². The minimum absolute atomic E-state index is 0.152. The van der Waals surface area contributed by atoms with Gasteiger partial charge in [-0.15, -0.1) is 0 Å². The summed E-state index contributed by atoms with van der Waals surface area (Å²) >= 11 is 0. The lowest BCUT2D eigenvalue weighted by Crippen LogP contribution is -2.37. The Balaban J connectivity index is 0.000000297. The van der Waals surface area contributed by atoms with Crippen LogP contribution in [-0.4, -0.2) is 45.5 Å². The van der Waals surface area contributed by atoms with Crippen LogP contribution >= 0.6 is 0 Å². The zero-order valence-corrected chi connectivity index (χ0v) is 18.3. The average Bonchev–Trinajstić information content (AvgIpc) is 2.78. The van der Waals surface area contributed by atoms with Crippen LogP contribution < -0.4 is 15.2 Å². The molecule has 0 bridgehead atoms. The fourth-order valence-corrected chi connectivity index (χ4v) is 3.32. The van der Waals surface area contributed by atoms with Crippen molar-refractivity contribution in [1.29, 1.82) is 0 Å². The Morgan fingerprint density at radius 3 is 2.33 bits per heavy atom. The molecular weight excluding hydrogens is 382 g/mol. The van der Waals surface area contributed by atoms with Crippen molar-refractivity contribution in [2.24, 2.45) is 11.7 Å². The Labute approximate surface area is 179 Å². The van der Waals surface area contributed by atoms with Gasteiger partial charge in [0.1, 0.15) is 17.5 Å². The lowest BCUT2D eigenvalue weighted by Gasteiger charge is -2.19. The molecule has 3 rings (SSSR count). The van der Waals surface area contributed by atoms with Crippen LogP contribution in [0.1, 0.15) is 24.5 Å². The molecule has 1 saturated heterocycles. The molecular formula is C24H33NO5. The fourth-order valence-electron chi connectivity index (χ4n) is 3.32. The number of carbonyl (C=O) groups is 1. The first kappa shape index (κ1) is 23.7. The molecule has 6 heteroatoms. The number of hydrogen-bond donors (Lipinski definition) is 1. The van der Waals surface area contributed by atoms with Crippen molar-refractivity contribution in [2.75, 3.05) is 27.4 Å². The molecule has 164 valence electrons. The highest BCUT2D eigenvalue weighted by Gasteiger charge is 2.24. The van der Waals surface area contributed by atoms with Crippen LogP contribution in [0.15, 0.2) is 48.5 Å². The number of esters is 1. The van der Waals surface area contributed by atoms with E-state index in [0.717, 1.165) is 24.3 Å². The van der Waals surface area contributed by atoms with E-state index in [4.69, 9.17) is 24.7 Å². The molecule has 2 aromatic carbocycles. The molecule has 1 fully saturated rings. The summed E-state index contributed by atoms with van der Waals surface area (Å²) in [5.41, 5.74) is 8.12. The number of carbonyl (C=O) groups excluding carboxylic acids is 1. The van der Waals surface area contributed by atoms with Gasteiger partial charge in [0.25, 0.3) is 0 Å². The second kappa shape index (κ2) is 12.2. The molecule has 0 radical (unpaired) electrons. The van der Waals surface area contributed by atoms with Crippen LogP contribution in [0.2, 0.25) is 0 Å². The number of benzene rings is 2. The van der Waals surface area contributed by atoms with Gasteiger partial charge in [0.15, 0.2) is 0 Å². The molecule has 1 aliphatic heterocycles. The Kier molecular flexibility index (Phi) is 9.64. The van der Waals surface area contributed by atoms with Crippen molar-refractivity contribution in [3.05, 3.63) is 59.7 Å². The Morgan fingerprint density at radius 1 is 1.03 bits per heavy atom. The molecule has 1 unspecified atom stereocenters. The van der Waals surface area contributed by atoms with Crippen molar-refractivity contribution in [1.82, 2.24) is 0 Å². The van der Waals surface area contributed by atoms with E-state index in [9.17, 15) is 4.79 Å². The lowest BCUT2D eigenvalue weighted by molar-refractivity contribution is -0.150. The van der Waals surface area contributed by atoms with Gasteiger partial charge in [0.2, 0.25) is 0 Å². The third-order valence-corrected chi connectivity index (χ3v) is 4.82. The Hall–Kier alpha value is -2.57. The van der Waals surface area contributed by atoms with Crippen LogP contribution in [0.25, 0.3) is 0 Å². The van der Waals surface area contributed by atoms with Gasteiger partial charge < -0.3 is 24.7 Å². The second-order valence-electron chi connectivity index (χ2n) is 7.57. The van der Waals surface area contributed by atoms with Gasteiger partial charge in [-0.2, -0.15) is 0 Å². The van der Waals surface area contributed by atoms with Crippen LogP contribution in [-0.2, 0) is 20.7 Å². The van der Waals surface area contributed by atoms with E-state index < -0.39 is 6.04 Å². The van der Waals surface area contributed by atoms with Gasteiger partial charge in [-0.25, -0.2) is 0 Å². The predicted molar refractivity (Wildman–Crippen MR) is 117 cm³/mol. The molecule has 1 heterocycles. The first-order chi connectivity index (χ1) is 14.4. The molecule has 2 N–H and O–H groups in total. The molecule has 1 aliphatic rings. The molecule has 0 spiro atoms. The molecule has 30 heavy (non-hydrogen) atoms. The fraction of sp³-hybridized carbons (Fsp3) is 0.458. The molecule has 6 nitrogen and oxygen atoms in total. The largest absolute Gasteiger partial charge is 0.497 e. The lowest BCUT2D eigenvalue weighted by atomic mass is 9.94. The molecule has 0 saturated carbocycles. The van der Waals surface area contributed by atoms with E-state index in [2.05, 4.69) is 6.07 Å². The maximum Gasteiger partial charge on any atom is 0.325 e. The summed E-state index contributed by atoms with van der Waals surface area (Å²) in [5.74, 6) is 1.67. The minimum Gasteiger partial charge on any atom is -0.497 e. The van der Waals surface area contributed by atoms with E-state index in [1.165, 1.54) is 11.1 Å². The third-order valence-electron chi connectivity index (χ3n) is 4.82. The van der Waals surface area contributed by atoms with Gasteiger partial charge in [0.05, 0.1) is 26.9 Å². The zero-order chi connectivity index (χ0) is 21.9. The Morgan fingerprint density at radius 2 is 1.70 bits per heavy atom. The number of cyclic esters (lactones) is 1. The van der Waals surface area contributed by atoms with Gasteiger partial charge in [-0.05, 0) is 68.0 Å². The third kappa shape index (κ3) is 8.05. The van der Waals surface area contributed by atoms with Crippen molar-refractivity contribution in [3.8, 4) is 11.5 Å². The number of methoxy groups -OCH3 is 2. The van der Waals surface area contributed by atoms with Crippen molar-refractivity contribution in [2.45, 2.75) is 38.8 Å². The standard InChI is InChI=1S/C16H23NO4.C8H10O/c1-11-6-13(9-20-10-15(17)16(18)21-11)7-12-4-3-5-14(8-12)19-2;1-7-4-3-5-8(6-7)9-2/h3-5,8,11,13,15H,6-7,9-10,17H2,1-2H3;3-6H,1-2H3/t11?,13-,15-;/m0./s1. The quantitative estimate of drug-likeness (QED) is 0.770. The number of hydrogen-bond acceptors (Lipinski definition) is 6. The van der Waals surface area contributed by atoms with Crippen LogP contribution in [0.3, 0.4) is 0 Å². The van der Waals surface area contributed by atoms with E-state index >= 15 is 0 Å². The highest BCUT2D eigenvalue weighted by atomic mass is 16.5. The maximum absolute atomic E-state index is 11.6. The summed E-state index contributed by atoms with van der Waals surface area (Å²) in [7, 11) is 3.33. The van der Waals surface area contributed by atoms with Crippen LogP contribution in [0.5, 0.6) is 11.5 Å². The smallest absolute Gasteiger partial charge is 0.325 e. The highest BCUT2D eigenvalue weighted by molar-refractivity contribution is 5.75. The number of aryl methyl sites for hydroxylation is 1. The van der Waals surface area contributed by atoms with Crippen LogP contribution in [0, 0.1) is 12.8 Å². The van der Waals surface area contributed by atoms with Gasteiger partial charge in [0, 0.05) is 6.61 Å². The predicted octanol–water partition coefficient (Wildman–Crippen LogP) is 3.54. The highest BCUT2D eigenvalue weighted by Crippen LogP contribution is 2.21. The van der Waals surface area contributed by atoms with E-state index in [1.54, 1.807) is 14.2 Å². The van der Waals surface area contributed by atoms with E-state index in [-0.39, 0.29) is 24.6 Å². The topological polar surface area (TPSA) is 80.0 Å². The molecule has 2 aromatic rings. The number of nitrogens with two attached hydrogens (primary N) is 1. The van der Waals surface area contributed by atoms with Crippen molar-refractivity contribution >= 4 is 5.97 Å². The molecule has 3 atom stereocenters. The normalized spacial score (nSPS) is 21.8. The monoisotopic (exact) mass is 415 g/mol. The minimum atomic E-state index is -0.692. The second-order valence-corrected chi connectivity index (χ2v) is 7.57. The summed E-state index contributed by atoms with van der Waals surface area (Å²) in [6.07, 6.45) is 1.46. The number of ether oxygens (including phenoxy) is 4. The summed E-state index contributed by atoms with van der Waals surface area (Å²) in [4.78, 5) is 11.6. The Bertz CT molecular complexity index is 795. The first-order valence-corrected chi connectivity index (χ1v) is 10.2. The van der Waals surface area contributed by atoms with Crippen LogP contribution in [0.4, 0.5) is 0 Å². The molecule has 0 amide bonds.